The van der Waals surface area contributed by atoms with Gasteiger partial charge in [-0.3, -0.25) is 5.32 Å². The molecule has 0 fully saturated rings. The standard InChI is InChI=1S/C27H27NO8/c1-2-33-23(9-5-6-10-25(30)31)26(20-12-13-21(29)19-8-4-3-7-18(19)20)36-27(32)28-17-11-14-22-24(15-17)35-16-34-22/h3-4,6-8,10-15,23,26,29H,2,5,9,16H2,1H3,(H,28,32)(H,30,31)/b10-6+/t23-,26-/m1/s1. The molecule has 0 saturated heterocycles. The summed E-state index contributed by atoms with van der Waals surface area (Å²) in [5.74, 6) is 0.179. The van der Waals surface area contributed by atoms with Crippen LogP contribution in [-0.2, 0) is 14.3 Å². The molecular weight excluding hydrogens is 466 g/mol. The van der Waals surface area contributed by atoms with Gasteiger partial charge in [-0.05, 0) is 43.4 Å². The van der Waals surface area contributed by atoms with Crippen molar-refractivity contribution in [3.05, 3.63) is 72.3 Å². The van der Waals surface area contributed by atoms with Crippen LogP contribution in [0.15, 0.2) is 66.7 Å². The number of aromatic hydroxyl groups is 1. The Morgan fingerprint density at radius 1 is 1.08 bits per heavy atom. The Balaban J connectivity index is 1.63. The first kappa shape index (κ1) is 24.9. The molecule has 2 atom stereocenters. The van der Waals surface area contributed by atoms with Gasteiger partial charge in [0.05, 0.1) is 6.10 Å². The number of amides is 1. The van der Waals surface area contributed by atoms with E-state index in [4.69, 9.17) is 24.1 Å². The molecule has 0 radical (unpaired) electrons. The number of hydrogen-bond acceptors (Lipinski definition) is 7. The number of rotatable bonds is 10. The normalized spacial score (nSPS) is 14.0. The highest BCUT2D eigenvalue weighted by molar-refractivity contribution is 5.92. The number of allylic oxidation sites excluding steroid dienone is 1. The van der Waals surface area contributed by atoms with Crippen LogP contribution in [0.4, 0.5) is 10.5 Å². The molecule has 0 bridgehead atoms. The van der Waals surface area contributed by atoms with Gasteiger partial charge in [0, 0.05) is 35.4 Å². The molecule has 3 aromatic carbocycles. The minimum absolute atomic E-state index is 0.107. The minimum Gasteiger partial charge on any atom is -0.507 e. The third kappa shape index (κ3) is 5.87. The number of phenolic OH excluding ortho intramolecular Hbond substituents is 1. The van der Waals surface area contributed by atoms with Crippen LogP contribution in [0.25, 0.3) is 10.8 Å². The van der Waals surface area contributed by atoms with Crippen molar-refractivity contribution in [2.45, 2.75) is 32.0 Å². The van der Waals surface area contributed by atoms with Gasteiger partial charge >= 0.3 is 12.1 Å². The maximum atomic E-state index is 13.0. The third-order valence-electron chi connectivity index (χ3n) is 5.69. The Morgan fingerprint density at radius 2 is 1.86 bits per heavy atom. The Bertz CT molecular complexity index is 1270. The molecule has 0 unspecified atom stereocenters. The lowest BCUT2D eigenvalue weighted by atomic mass is 9.94. The number of nitrogens with one attached hydrogen (secondary N) is 1. The predicted octanol–water partition coefficient (Wildman–Crippen LogP) is 5.39. The maximum absolute atomic E-state index is 13.0. The van der Waals surface area contributed by atoms with Crippen molar-refractivity contribution in [2.24, 2.45) is 0 Å². The van der Waals surface area contributed by atoms with Crippen molar-refractivity contribution in [3.63, 3.8) is 0 Å². The number of benzene rings is 3. The molecule has 0 spiro atoms. The number of fused-ring (bicyclic) bond motifs is 2. The number of aliphatic carboxylic acids is 1. The fourth-order valence-electron chi connectivity index (χ4n) is 4.11. The second kappa shape index (κ2) is 11.5. The van der Waals surface area contributed by atoms with E-state index in [0.717, 1.165) is 6.08 Å². The predicted molar refractivity (Wildman–Crippen MR) is 132 cm³/mol. The van der Waals surface area contributed by atoms with Gasteiger partial charge in [0.25, 0.3) is 0 Å². The quantitative estimate of drug-likeness (QED) is 0.321. The van der Waals surface area contributed by atoms with Gasteiger partial charge < -0.3 is 29.2 Å². The van der Waals surface area contributed by atoms with Crippen LogP contribution < -0.4 is 14.8 Å². The van der Waals surface area contributed by atoms with Crippen LogP contribution in [0.3, 0.4) is 0 Å². The third-order valence-corrected chi connectivity index (χ3v) is 5.69. The van der Waals surface area contributed by atoms with Crippen LogP contribution in [0, 0.1) is 0 Å². The number of hydrogen-bond donors (Lipinski definition) is 3. The van der Waals surface area contributed by atoms with Gasteiger partial charge in [-0.2, -0.15) is 0 Å². The Hall–Kier alpha value is -4.24. The van der Waals surface area contributed by atoms with Crippen molar-refractivity contribution in [2.75, 3.05) is 18.7 Å². The fourth-order valence-corrected chi connectivity index (χ4v) is 4.11. The first-order valence-corrected chi connectivity index (χ1v) is 11.5. The zero-order valence-electron chi connectivity index (χ0n) is 19.7. The summed E-state index contributed by atoms with van der Waals surface area (Å²) >= 11 is 0. The molecule has 3 aromatic rings. The molecule has 1 aliphatic heterocycles. The molecule has 188 valence electrons. The van der Waals surface area contributed by atoms with Crippen LogP contribution in [-0.4, -0.2) is 41.8 Å². The van der Waals surface area contributed by atoms with Gasteiger partial charge in [-0.25, -0.2) is 9.59 Å². The molecule has 9 heteroatoms. The van der Waals surface area contributed by atoms with E-state index in [1.807, 2.05) is 25.1 Å². The fraction of sp³-hybridized carbons (Fsp3) is 0.259. The second-order valence-electron chi connectivity index (χ2n) is 8.05. The molecule has 1 heterocycles. The van der Waals surface area contributed by atoms with Crippen molar-refractivity contribution < 1.29 is 38.7 Å². The van der Waals surface area contributed by atoms with E-state index in [2.05, 4.69) is 5.32 Å². The van der Waals surface area contributed by atoms with E-state index < -0.39 is 24.3 Å². The number of ether oxygens (including phenoxy) is 4. The summed E-state index contributed by atoms with van der Waals surface area (Å²) in [7, 11) is 0. The zero-order chi connectivity index (χ0) is 25.5. The SMILES string of the molecule is CCO[C@H](CC/C=C/C(=O)O)[C@H](OC(=O)Nc1ccc2c(c1)OCO2)c1ccc(O)c2ccccc12. The van der Waals surface area contributed by atoms with Crippen LogP contribution in [0.5, 0.6) is 17.2 Å². The Morgan fingerprint density at radius 3 is 2.64 bits per heavy atom. The van der Waals surface area contributed by atoms with Crippen molar-refractivity contribution in [1.82, 2.24) is 0 Å². The molecule has 4 rings (SSSR count). The largest absolute Gasteiger partial charge is 0.507 e. The highest BCUT2D eigenvalue weighted by Crippen LogP contribution is 2.37. The van der Waals surface area contributed by atoms with Crippen LogP contribution >= 0.6 is 0 Å². The van der Waals surface area contributed by atoms with Crippen molar-refractivity contribution >= 4 is 28.5 Å². The van der Waals surface area contributed by atoms with Crippen molar-refractivity contribution in [3.8, 4) is 17.2 Å². The molecule has 0 aromatic heterocycles. The summed E-state index contributed by atoms with van der Waals surface area (Å²) in [5.41, 5.74) is 1.13. The van der Waals surface area contributed by atoms with Gasteiger partial charge in [0.2, 0.25) is 6.79 Å². The van der Waals surface area contributed by atoms with E-state index in [-0.39, 0.29) is 12.5 Å². The first-order chi connectivity index (χ1) is 17.5. The summed E-state index contributed by atoms with van der Waals surface area (Å²) in [5, 5.41) is 23.3. The number of carboxylic acid groups (broad SMARTS) is 1. The van der Waals surface area contributed by atoms with E-state index in [1.165, 1.54) is 6.08 Å². The maximum Gasteiger partial charge on any atom is 0.412 e. The van der Waals surface area contributed by atoms with E-state index >= 15 is 0 Å². The topological polar surface area (TPSA) is 124 Å². The van der Waals surface area contributed by atoms with E-state index in [0.29, 0.717) is 53.0 Å². The summed E-state index contributed by atoms with van der Waals surface area (Å²) < 4.78 is 22.6. The number of anilines is 1. The van der Waals surface area contributed by atoms with Crippen molar-refractivity contribution in [1.29, 1.82) is 0 Å². The molecule has 36 heavy (non-hydrogen) atoms. The minimum atomic E-state index is -1.04. The monoisotopic (exact) mass is 493 g/mol. The molecule has 9 nitrogen and oxygen atoms in total. The molecule has 1 aliphatic rings. The van der Waals surface area contributed by atoms with Gasteiger partial charge in [-0.15, -0.1) is 0 Å². The summed E-state index contributed by atoms with van der Waals surface area (Å²) in [6, 6.07) is 15.5. The van der Waals surface area contributed by atoms with E-state index in [1.54, 1.807) is 36.4 Å². The second-order valence-corrected chi connectivity index (χ2v) is 8.05. The number of phenols is 1. The lowest BCUT2D eigenvalue weighted by molar-refractivity contribution is -0.131. The number of carboxylic acids is 1. The summed E-state index contributed by atoms with van der Waals surface area (Å²) in [6.07, 6.45) is 1.27. The summed E-state index contributed by atoms with van der Waals surface area (Å²) in [6.45, 7) is 2.30. The zero-order valence-corrected chi connectivity index (χ0v) is 19.7. The van der Waals surface area contributed by atoms with E-state index in [9.17, 15) is 14.7 Å². The molecule has 3 N–H and O–H groups in total. The molecule has 0 saturated carbocycles. The Labute approximate surface area is 207 Å². The molecular formula is C27H27NO8. The lowest BCUT2D eigenvalue weighted by Gasteiger charge is -2.28. The van der Waals surface area contributed by atoms with Crippen LogP contribution in [0.2, 0.25) is 0 Å². The molecule has 0 aliphatic carbocycles. The average Bonchev–Trinajstić information content (AvgIpc) is 3.33. The highest BCUT2D eigenvalue weighted by atomic mass is 16.7. The highest BCUT2D eigenvalue weighted by Gasteiger charge is 2.29. The smallest absolute Gasteiger partial charge is 0.412 e. The first-order valence-electron chi connectivity index (χ1n) is 11.5. The lowest BCUT2D eigenvalue weighted by Crippen LogP contribution is -2.29. The van der Waals surface area contributed by atoms with Gasteiger partial charge in [0.15, 0.2) is 17.6 Å². The van der Waals surface area contributed by atoms with Gasteiger partial charge in [-0.1, -0.05) is 36.4 Å². The summed E-state index contributed by atoms with van der Waals surface area (Å²) in [4.78, 5) is 23.9. The average molecular weight is 494 g/mol. The number of carbonyl (C=O) groups is 2. The van der Waals surface area contributed by atoms with Crippen LogP contribution in [0.1, 0.15) is 31.4 Å². The van der Waals surface area contributed by atoms with Gasteiger partial charge in [0.1, 0.15) is 5.75 Å². The number of carbonyl (C=O) groups excluding carboxylic acids is 1. The Kier molecular flexibility index (Phi) is 7.92. The molecule has 1 amide bonds.